The van der Waals surface area contributed by atoms with E-state index < -0.39 is 42.1 Å². The summed E-state index contributed by atoms with van der Waals surface area (Å²) in [5.41, 5.74) is -0.481. The van der Waals surface area contributed by atoms with E-state index in [4.69, 9.17) is 9.47 Å². The molecule has 0 aliphatic carbocycles. The summed E-state index contributed by atoms with van der Waals surface area (Å²) in [6.07, 6.45) is -6.58. The van der Waals surface area contributed by atoms with Crippen LogP contribution in [0, 0.1) is 5.82 Å². The fourth-order valence-electron chi connectivity index (χ4n) is 3.61. The minimum atomic E-state index is -1.76. The van der Waals surface area contributed by atoms with Crippen molar-refractivity contribution in [1.82, 2.24) is 0 Å². The predicted octanol–water partition coefficient (Wildman–Crippen LogP) is 1.10. The lowest BCUT2D eigenvalue weighted by atomic mass is 9.78. The molecule has 0 aromatic heterocycles. The topological polar surface area (TPSA) is 99.4 Å². The van der Waals surface area contributed by atoms with E-state index in [-0.39, 0.29) is 6.42 Å². The van der Waals surface area contributed by atoms with Gasteiger partial charge >= 0.3 is 0 Å². The van der Waals surface area contributed by atoms with Crippen LogP contribution in [0.2, 0.25) is 0 Å². The molecule has 1 fully saturated rings. The van der Waals surface area contributed by atoms with E-state index in [9.17, 15) is 24.8 Å². The first-order valence-electron chi connectivity index (χ1n) is 9.11. The molecule has 0 spiro atoms. The van der Waals surface area contributed by atoms with Gasteiger partial charge in [0.15, 0.2) is 6.29 Å². The summed E-state index contributed by atoms with van der Waals surface area (Å²) in [6.45, 7) is 0. The molecular formula is C21H25FO6. The van der Waals surface area contributed by atoms with Gasteiger partial charge in [-0.3, -0.25) is 0 Å². The molecule has 6 atom stereocenters. The number of rotatable bonds is 6. The molecule has 28 heavy (non-hydrogen) atoms. The van der Waals surface area contributed by atoms with E-state index in [0.29, 0.717) is 12.0 Å². The molecule has 7 heteroatoms. The molecule has 1 aliphatic rings. The summed E-state index contributed by atoms with van der Waals surface area (Å²) in [7, 11) is 1.29. The summed E-state index contributed by atoms with van der Waals surface area (Å²) >= 11 is 0. The molecule has 6 nitrogen and oxygen atoms in total. The number of halogens is 1. The second-order valence-corrected chi connectivity index (χ2v) is 7.05. The van der Waals surface area contributed by atoms with Crippen molar-refractivity contribution in [2.24, 2.45) is 0 Å². The van der Waals surface area contributed by atoms with Crippen molar-refractivity contribution in [2.75, 3.05) is 7.11 Å². The van der Waals surface area contributed by atoms with Crippen molar-refractivity contribution in [1.29, 1.82) is 0 Å². The Morgan fingerprint density at radius 3 is 2.21 bits per heavy atom. The standard InChI is InChI=1S/C21H25FO6/c1-27-20-18(25)16(23)17(24)19(28-20)21(26,14-7-9-15(22)10-8-14)12-11-13-5-3-2-4-6-13/h2-10,16-20,23-26H,11-12H2,1H3/t16-,17-,18+,19-,20-,21+/m0/s1. The molecule has 0 amide bonds. The first-order valence-corrected chi connectivity index (χ1v) is 9.11. The van der Waals surface area contributed by atoms with E-state index >= 15 is 0 Å². The van der Waals surface area contributed by atoms with Gasteiger partial charge in [-0.25, -0.2) is 4.39 Å². The molecule has 0 saturated carbocycles. The van der Waals surface area contributed by atoms with Crippen molar-refractivity contribution in [3.63, 3.8) is 0 Å². The zero-order valence-electron chi connectivity index (χ0n) is 15.5. The van der Waals surface area contributed by atoms with E-state index in [0.717, 1.165) is 5.56 Å². The third-order valence-electron chi connectivity index (χ3n) is 5.25. The largest absolute Gasteiger partial charge is 0.387 e. The SMILES string of the molecule is CO[C@H]1O[C@H]([C@@](O)(CCc2ccccc2)c2ccc(F)cc2)[C@@H](O)[C@H](O)[C@H]1O. The number of aliphatic hydroxyl groups is 4. The Hall–Kier alpha value is -1.87. The van der Waals surface area contributed by atoms with Gasteiger partial charge in [0.2, 0.25) is 0 Å². The maximum absolute atomic E-state index is 13.4. The van der Waals surface area contributed by atoms with Crippen LogP contribution in [0.3, 0.4) is 0 Å². The van der Waals surface area contributed by atoms with Gasteiger partial charge in [-0.1, -0.05) is 42.5 Å². The molecule has 1 aliphatic heterocycles. The number of methoxy groups -OCH3 is 1. The zero-order chi connectivity index (χ0) is 20.3. The molecule has 4 N–H and O–H groups in total. The van der Waals surface area contributed by atoms with Crippen molar-refractivity contribution in [3.8, 4) is 0 Å². The van der Waals surface area contributed by atoms with Gasteiger partial charge in [-0.05, 0) is 36.1 Å². The highest BCUT2D eigenvalue weighted by Crippen LogP contribution is 2.38. The van der Waals surface area contributed by atoms with Crippen LogP contribution >= 0.6 is 0 Å². The first-order chi connectivity index (χ1) is 13.4. The van der Waals surface area contributed by atoms with E-state index in [1.165, 1.54) is 31.4 Å². The molecule has 152 valence electrons. The Labute approximate surface area is 162 Å². The average Bonchev–Trinajstić information content (AvgIpc) is 2.72. The van der Waals surface area contributed by atoms with Crippen LogP contribution in [-0.2, 0) is 21.5 Å². The maximum Gasteiger partial charge on any atom is 0.186 e. The van der Waals surface area contributed by atoms with Gasteiger partial charge < -0.3 is 29.9 Å². The number of ether oxygens (including phenoxy) is 2. The molecule has 2 aromatic carbocycles. The van der Waals surface area contributed by atoms with Gasteiger partial charge in [0, 0.05) is 7.11 Å². The summed E-state index contributed by atoms with van der Waals surface area (Å²) < 4.78 is 24.1. The van der Waals surface area contributed by atoms with Gasteiger partial charge in [0.05, 0.1) is 0 Å². The second-order valence-electron chi connectivity index (χ2n) is 7.05. The summed E-state index contributed by atoms with van der Waals surface area (Å²) in [6, 6.07) is 14.7. The van der Waals surface area contributed by atoms with E-state index in [2.05, 4.69) is 0 Å². The number of hydrogen-bond donors (Lipinski definition) is 4. The normalized spacial score (nSPS) is 30.0. The highest BCUT2D eigenvalue weighted by Gasteiger charge is 2.53. The lowest BCUT2D eigenvalue weighted by molar-refractivity contribution is -0.322. The molecule has 0 bridgehead atoms. The summed E-state index contributed by atoms with van der Waals surface area (Å²) in [4.78, 5) is 0. The van der Waals surface area contributed by atoms with Crippen LogP contribution in [0.4, 0.5) is 4.39 Å². The molecule has 0 unspecified atom stereocenters. The van der Waals surface area contributed by atoms with Crippen LogP contribution in [0.1, 0.15) is 17.5 Å². The van der Waals surface area contributed by atoms with E-state index in [1.54, 1.807) is 0 Å². The molecule has 0 radical (unpaired) electrons. The van der Waals surface area contributed by atoms with Crippen LogP contribution in [-0.4, -0.2) is 58.2 Å². The number of aliphatic hydroxyl groups excluding tert-OH is 3. The van der Waals surface area contributed by atoms with Crippen molar-refractivity contribution in [2.45, 2.75) is 49.1 Å². The summed E-state index contributed by atoms with van der Waals surface area (Å²) in [5.74, 6) is -0.468. The third-order valence-corrected chi connectivity index (χ3v) is 5.25. The number of aryl methyl sites for hydroxylation is 1. The average molecular weight is 392 g/mol. The van der Waals surface area contributed by atoms with Crippen molar-refractivity contribution >= 4 is 0 Å². The molecule has 1 saturated heterocycles. The summed E-state index contributed by atoms with van der Waals surface area (Å²) in [5, 5.41) is 42.4. The zero-order valence-corrected chi connectivity index (χ0v) is 15.5. The van der Waals surface area contributed by atoms with Gasteiger partial charge in [0.25, 0.3) is 0 Å². The fraction of sp³-hybridized carbons (Fsp3) is 0.429. The Kier molecular flexibility index (Phi) is 6.44. The molecule has 1 heterocycles. The Morgan fingerprint density at radius 2 is 1.61 bits per heavy atom. The van der Waals surface area contributed by atoms with E-state index in [1.807, 2.05) is 30.3 Å². The lowest BCUT2D eigenvalue weighted by Crippen LogP contribution is -2.63. The van der Waals surface area contributed by atoms with Crippen LogP contribution in [0.5, 0.6) is 0 Å². The van der Waals surface area contributed by atoms with Crippen molar-refractivity contribution < 1.29 is 34.3 Å². The lowest BCUT2D eigenvalue weighted by Gasteiger charge is -2.47. The Morgan fingerprint density at radius 1 is 0.964 bits per heavy atom. The monoisotopic (exact) mass is 392 g/mol. The van der Waals surface area contributed by atoms with Gasteiger partial charge in [-0.15, -0.1) is 0 Å². The van der Waals surface area contributed by atoms with Gasteiger partial charge in [0.1, 0.15) is 35.8 Å². The van der Waals surface area contributed by atoms with Crippen LogP contribution in [0.25, 0.3) is 0 Å². The Balaban J connectivity index is 1.96. The predicted molar refractivity (Wildman–Crippen MR) is 98.8 cm³/mol. The maximum atomic E-state index is 13.4. The molecule has 2 aromatic rings. The Bertz CT molecular complexity index is 753. The van der Waals surface area contributed by atoms with Crippen molar-refractivity contribution in [3.05, 3.63) is 71.5 Å². The first kappa shape index (κ1) is 20.9. The number of benzene rings is 2. The van der Waals surface area contributed by atoms with Crippen LogP contribution < -0.4 is 0 Å². The van der Waals surface area contributed by atoms with Crippen LogP contribution in [0.15, 0.2) is 54.6 Å². The molecule has 3 rings (SSSR count). The van der Waals surface area contributed by atoms with Gasteiger partial charge in [-0.2, -0.15) is 0 Å². The third kappa shape index (κ3) is 4.10. The fourth-order valence-corrected chi connectivity index (χ4v) is 3.61. The second kappa shape index (κ2) is 8.65. The molecular weight excluding hydrogens is 367 g/mol. The highest BCUT2D eigenvalue weighted by molar-refractivity contribution is 5.27. The minimum Gasteiger partial charge on any atom is -0.387 e. The number of hydrogen-bond acceptors (Lipinski definition) is 6. The quantitative estimate of drug-likeness (QED) is 0.588. The minimum absolute atomic E-state index is 0.129. The smallest absolute Gasteiger partial charge is 0.186 e. The highest BCUT2D eigenvalue weighted by atomic mass is 19.1.